The summed E-state index contributed by atoms with van der Waals surface area (Å²) in [5, 5.41) is 12.4. The maximum Gasteiger partial charge on any atom is 0.182 e. The summed E-state index contributed by atoms with van der Waals surface area (Å²) in [7, 11) is 2.03. The number of benzene rings is 1. The first-order chi connectivity index (χ1) is 11.6. The Bertz CT molecular complexity index is 776. The second-order valence-electron chi connectivity index (χ2n) is 5.89. The Kier molecular flexibility index (Phi) is 4.93. The summed E-state index contributed by atoms with van der Waals surface area (Å²) in [5.41, 5.74) is 1.18. The summed E-state index contributed by atoms with van der Waals surface area (Å²) in [6, 6.07) is 7.09. The number of hydrogen-bond donors (Lipinski definition) is 1. The molecule has 3 rings (SSSR count). The Morgan fingerprint density at radius 1 is 1.42 bits per heavy atom. The number of nitriles is 1. The molecule has 0 radical (unpaired) electrons. The lowest BCUT2D eigenvalue weighted by molar-refractivity contribution is 0.281. The highest BCUT2D eigenvalue weighted by Crippen LogP contribution is 2.37. The largest absolute Gasteiger partial charge is 0.367 e. The number of rotatable bonds is 4. The van der Waals surface area contributed by atoms with E-state index in [4.69, 9.17) is 16.9 Å². The maximum absolute atomic E-state index is 13.8. The molecule has 0 spiro atoms. The van der Waals surface area contributed by atoms with Crippen LogP contribution < -0.4 is 5.32 Å². The molecule has 1 N–H and O–H groups in total. The molecule has 1 saturated heterocycles. The van der Waals surface area contributed by atoms with Gasteiger partial charge in [-0.15, -0.1) is 0 Å². The monoisotopic (exact) mass is 345 g/mol. The summed E-state index contributed by atoms with van der Waals surface area (Å²) >= 11 is 5.79. The van der Waals surface area contributed by atoms with Gasteiger partial charge in [0.2, 0.25) is 0 Å². The molecule has 24 heavy (non-hydrogen) atoms. The zero-order valence-electron chi connectivity index (χ0n) is 13.2. The van der Waals surface area contributed by atoms with Gasteiger partial charge in [0.05, 0.1) is 5.02 Å². The fraction of sp³-hybridized carbons (Fsp3) is 0.353. The van der Waals surface area contributed by atoms with Crippen molar-refractivity contribution in [1.29, 1.82) is 5.26 Å². The van der Waals surface area contributed by atoms with E-state index >= 15 is 0 Å². The fourth-order valence-electron chi connectivity index (χ4n) is 3.24. The Labute approximate surface area is 145 Å². The van der Waals surface area contributed by atoms with E-state index in [0.29, 0.717) is 12.4 Å². The Hall–Kier alpha value is -2.23. The summed E-state index contributed by atoms with van der Waals surface area (Å²) in [6.45, 7) is 1.56. The van der Waals surface area contributed by atoms with Crippen molar-refractivity contribution in [3.8, 4) is 6.07 Å². The SMILES string of the molecule is CN1CC[C@H](CNc2nccnc2C#N)[C@@H]1c1ccc(Cl)c(F)c1. The number of nitrogens with zero attached hydrogens (tertiary/aromatic N) is 4. The van der Waals surface area contributed by atoms with Gasteiger partial charge >= 0.3 is 0 Å². The van der Waals surface area contributed by atoms with Crippen LogP contribution in [0.1, 0.15) is 23.7 Å². The van der Waals surface area contributed by atoms with Crippen molar-refractivity contribution < 1.29 is 4.39 Å². The van der Waals surface area contributed by atoms with Crippen molar-refractivity contribution in [3.63, 3.8) is 0 Å². The Morgan fingerprint density at radius 3 is 2.96 bits per heavy atom. The number of halogens is 2. The molecule has 1 aliphatic heterocycles. The first-order valence-electron chi connectivity index (χ1n) is 7.70. The first-order valence-corrected chi connectivity index (χ1v) is 8.08. The molecule has 2 aromatic rings. The topological polar surface area (TPSA) is 64.8 Å². The smallest absolute Gasteiger partial charge is 0.182 e. The van der Waals surface area contributed by atoms with Gasteiger partial charge in [0.25, 0.3) is 0 Å². The number of aromatic nitrogens is 2. The second kappa shape index (κ2) is 7.12. The quantitative estimate of drug-likeness (QED) is 0.921. The van der Waals surface area contributed by atoms with Gasteiger partial charge in [-0.2, -0.15) is 5.26 Å². The van der Waals surface area contributed by atoms with E-state index in [2.05, 4.69) is 20.2 Å². The Morgan fingerprint density at radius 2 is 2.21 bits per heavy atom. The zero-order valence-corrected chi connectivity index (χ0v) is 14.0. The van der Waals surface area contributed by atoms with Gasteiger partial charge in [-0.05, 0) is 43.6 Å². The van der Waals surface area contributed by atoms with E-state index in [1.54, 1.807) is 12.3 Å². The van der Waals surface area contributed by atoms with Crippen LogP contribution in [0.25, 0.3) is 0 Å². The van der Waals surface area contributed by atoms with Gasteiger partial charge in [0.15, 0.2) is 11.5 Å². The number of hydrogen-bond acceptors (Lipinski definition) is 5. The van der Waals surface area contributed by atoms with Gasteiger partial charge in [-0.1, -0.05) is 17.7 Å². The molecule has 0 saturated carbocycles. The highest BCUT2D eigenvalue weighted by molar-refractivity contribution is 6.30. The van der Waals surface area contributed by atoms with Gasteiger partial charge in [0, 0.05) is 25.0 Å². The molecule has 2 heterocycles. The summed E-state index contributed by atoms with van der Waals surface area (Å²) in [6.07, 6.45) is 4.02. The normalized spacial score (nSPS) is 20.8. The molecule has 0 amide bonds. The Balaban J connectivity index is 1.77. The zero-order chi connectivity index (χ0) is 17.1. The molecule has 1 fully saturated rings. The minimum atomic E-state index is -0.401. The van der Waals surface area contributed by atoms with Crippen LogP contribution in [0.4, 0.5) is 10.2 Å². The maximum atomic E-state index is 13.8. The molecule has 0 aliphatic carbocycles. The third-order valence-electron chi connectivity index (χ3n) is 4.40. The van der Waals surface area contributed by atoms with Crippen LogP contribution in [-0.4, -0.2) is 35.0 Å². The standard InChI is InChI=1S/C17H17ClFN5/c1-24-7-4-12(10-23-17-15(9-20)21-5-6-22-17)16(24)11-2-3-13(18)14(19)8-11/h2-3,5-6,8,12,16H,4,7,10H2,1H3,(H,22,23)/t12-,16+/m1/s1. The van der Waals surface area contributed by atoms with Crippen LogP contribution in [0.3, 0.4) is 0 Å². The molecule has 0 unspecified atom stereocenters. The predicted octanol–water partition coefficient (Wildman–Crippen LogP) is 3.25. The van der Waals surface area contributed by atoms with Crippen molar-refractivity contribution in [3.05, 3.63) is 52.7 Å². The van der Waals surface area contributed by atoms with E-state index in [-0.39, 0.29) is 22.7 Å². The van der Waals surface area contributed by atoms with Crippen LogP contribution in [0, 0.1) is 23.1 Å². The van der Waals surface area contributed by atoms with Crippen LogP contribution in [0.15, 0.2) is 30.6 Å². The minimum absolute atomic E-state index is 0.0893. The number of nitrogens with one attached hydrogen (secondary N) is 1. The highest BCUT2D eigenvalue weighted by atomic mass is 35.5. The van der Waals surface area contributed by atoms with E-state index in [1.807, 2.05) is 19.2 Å². The van der Waals surface area contributed by atoms with Crippen molar-refractivity contribution >= 4 is 17.4 Å². The van der Waals surface area contributed by atoms with Crippen LogP contribution in [0.5, 0.6) is 0 Å². The minimum Gasteiger partial charge on any atom is -0.367 e. The molecule has 7 heteroatoms. The number of likely N-dealkylation sites (tertiary alicyclic amines) is 1. The van der Waals surface area contributed by atoms with Crippen molar-refractivity contribution in [1.82, 2.24) is 14.9 Å². The third-order valence-corrected chi connectivity index (χ3v) is 4.70. The average Bonchev–Trinajstić information content (AvgIpc) is 2.96. The molecule has 124 valence electrons. The molecule has 2 atom stereocenters. The molecule has 1 aliphatic rings. The molecule has 1 aromatic carbocycles. The summed E-state index contributed by atoms with van der Waals surface area (Å²) in [4.78, 5) is 10.4. The first kappa shape index (κ1) is 16.6. The van der Waals surface area contributed by atoms with Crippen molar-refractivity contribution in [2.24, 2.45) is 5.92 Å². The van der Waals surface area contributed by atoms with Gasteiger partial charge < -0.3 is 5.32 Å². The number of anilines is 1. The highest BCUT2D eigenvalue weighted by Gasteiger charge is 2.33. The van der Waals surface area contributed by atoms with Crippen molar-refractivity contribution in [2.75, 3.05) is 25.5 Å². The van der Waals surface area contributed by atoms with Crippen LogP contribution in [-0.2, 0) is 0 Å². The predicted molar refractivity (Wildman–Crippen MR) is 90.1 cm³/mol. The molecule has 0 bridgehead atoms. The van der Waals surface area contributed by atoms with Crippen LogP contribution in [0.2, 0.25) is 5.02 Å². The van der Waals surface area contributed by atoms with Gasteiger partial charge in [0.1, 0.15) is 11.9 Å². The molecule has 1 aromatic heterocycles. The fourth-order valence-corrected chi connectivity index (χ4v) is 3.36. The average molecular weight is 346 g/mol. The molecular formula is C17H17ClFN5. The lowest BCUT2D eigenvalue weighted by Gasteiger charge is -2.26. The summed E-state index contributed by atoms with van der Waals surface area (Å²) < 4.78 is 13.8. The molecule has 5 nitrogen and oxygen atoms in total. The molecular weight excluding hydrogens is 329 g/mol. The van der Waals surface area contributed by atoms with E-state index < -0.39 is 5.82 Å². The second-order valence-corrected chi connectivity index (χ2v) is 6.30. The van der Waals surface area contributed by atoms with Gasteiger partial charge in [-0.25, -0.2) is 14.4 Å². The lowest BCUT2D eigenvalue weighted by atomic mass is 9.93. The van der Waals surface area contributed by atoms with Gasteiger partial charge in [-0.3, -0.25) is 4.90 Å². The van der Waals surface area contributed by atoms with Crippen LogP contribution >= 0.6 is 11.6 Å². The van der Waals surface area contributed by atoms with Crippen molar-refractivity contribution in [2.45, 2.75) is 12.5 Å². The third kappa shape index (κ3) is 3.32. The van der Waals surface area contributed by atoms with E-state index in [1.165, 1.54) is 12.3 Å². The summed E-state index contributed by atoms with van der Waals surface area (Å²) in [5.74, 6) is 0.349. The lowest BCUT2D eigenvalue weighted by Crippen LogP contribution is -2.25. The van der Waals surface area contributed by atoms with E-state index in [9.17, 15) is 4.39 Å². The van der Waals surface area contributed by atoms with E-state index in [0.717, 1.165) is 18.5 Å².